The first kappa shape index (κ1) is 11.2. The fourth-order valence-electron chi connectivity index (χ4n) is 2.64. The molecule has 3 heteroatoms. The molecule has 1 amide bonds. The average Bonchev–Trinajstić information content (AvgIpc) is 2.14. The molecule has 3 atom stereocenters. The van der Waals surface area contributed by atoms with Crippen molar-refractivity contribution in [1.82, 2.24) is 5.32 Å². The molecule has 3 unspecified atom stereocenters. The highest BCUT2D eigenvalue weighted by Gasteiger charge is 2.54. The summed E-state index contributed by atoms with van der Waals surface area (Å²) in [6, 6.07) is 0.179. The van der Waals surface area contributed by atoms with Gasteiger partial charge in [0.15, 0.2) is 0 Å². The fourth-order valence-corrected chi connectivity index (χ4v) is 2.64. The van der Waals surface area contributed by atoms with Gasteiger partial charge in [-0.25, -0.2) is 0 Å². The van der Waals surface area contributed by atoms with Crippen LogP contribution < -0.4 is 5.32 Å². The zero-order valence-corrected chi connectivity index (χ0v) is 9.33. The Balaban J connectivity index is 2.64. The van der Waals surface area contributed by atoms with Crippen LogP contribution in [0.2, 0.25) is 0 Å². The van der Waals surface area contributed by atoms with Crippen molar-refractivity contribution in [2.45, 2.75) is 32.9 Å². The van der Waals surface area contributed by atoms with E-state index in [1.807, 2.05) is 0 Å². The summed E-state index contributed by atoms with van der Waals surface area (Å²) in [6.45, 7) is 9.74. The highest BCUT2D eigenvalue weighted by Crippen LogP contribution is 2.46. The van der Waals surface area contributed by atoms with Gasteiger partial charge in [0.05, 0.1) is 6.10 Å². The smallest absolute Gasteiger partial charge is 0.243 e. The Morgan fingerprint density at radius 3 is 2.50 bits per heavy atom. The Labute approximate surface area is 85.5 Å². The number of hydrogen-bond donors (Lipinski definition) is 1. The van der Waals surface area contributed by atoms with Crippen LogP contribution in [0.1, 0.15) is 20.8 Å². The zero-order valence-electron chi connectivity index (χ0n) is 9.33. The van der Waals surface area contributed by atoms with Gasteiger partial charge >= 0.3 is 0 Å². The van der Waals surface area contributed by atoms with Gasteiger partial charge in [0.1, 0.15) is 0 Å². The van der Waals surface area contributed by atoms with Crippen LogP contribution in [0.15, 0.2) is 12.7 Å². The molecule has 3 nitrogen and oxygen atoms in total. The van der Waals surface area contributed by atoms with Gasteiger partial charge in [0.2, 0.25) is 5.91 Å². The lowest BCUT2D eigenvalue weighted by molar-refractivity contribution is -0.152. The zero-order chi connectivity index (χ0) is 10.9. The second kappa shape index (κ2) is 3.73. The van der Waals surface area contributed by atoms with Gasteiger partial charge in [-0.1, -0.05) is 27.4 Å². The molecule has 1 rings (SSSR count). The van der Waals surface area contributed by atoms with Crippen LogP contribution in [0.3, 0.4) is 0 Å². The minimum atomic E-state index is -0.107. The summed E-state index contributed by atoms with van der Waals surface area (Å²) in [5.74, 6) is 0.253. The number of ether oxygens (including phenoxy) is 1. The van der Waals surface area contributed by atoms with Gasteiger partial charge in [-0.05, 0) is 6.08 Å². The lowest BCUT2D eigenvalue weighted by Crippen LogP contribution is -2.67. The van der Waals surface area contributed by atoms with Crippen molar-refractivity contribution in [2.24, 2.45) is 11.3 Å². The molecule has 0 aliphatic heterocycles. The van der Waals surface area contributed by atoms with Crippen molar-refractivity contribution in [3.05, 3.63) is 12.7 Å². The van der Waals surface area contributed by atoms with Gasteiger partial charge < -0.3 is 10.1 Å². The van der Waals surface area contributed by atoms with E-state index in [0.29, 0.717) is 5.92 Å². The Kier molecular flexibility index (Phi) is 3.00. The van der Waals surface area contributed by atoms with E-state index in [4.69, 9.17) is 4.74 Å². The summed E-state index contributed by atoms with van der Waals surface area (Å²) in [6.07, 6.45) is 1.53. The molecule has 80 valence electrons. The Morgan fingerprint density at radius 2 is 2.14 bits per heavy atom. The Bertz CT molecular complexity index is 248. The maximum Gasteiger partial charge on any atom is 0.243 e. The number of rotatable bonds is 3. The van der Waals surface area contributed by atoms with Crippen LogP contribution in [0.25, 0.3) is 0 Å². The summed E-state index contributed by atoms with van der Waals surface area (Å²) in [7, 11) is 1.72. The van der Waals surface area contributed by atoms with Crippen molar-refractivity contribution in [3.8, 4) is 0 Å². The normalized spacial score (nSPS) is 34.4. The van der Waals surface area contributed by atoms with E-state index in [9.17, 15) is 4.79 Å². The maximum atomic E-state index is 11.2. The molecule has 0 saturated heterocycles. The first-order valence-corrected chi connectivity index (χ1v) is 4.91. The molecular formula is C11H19NO2. The SMILES string of the molecule is C=CC(=O)NC1C(C)C(OC)C1(C)C. The third-order valence-electron chi connectivity index (χ3n) is 3.28. The van der Waals surface area contributed by atoms with E-state index in [0.717, 1.165) is 0 Å². The van der Waals surface area contributed by atoms with Gasteiger partial charge in [0.25, 0.3) is 0 Å². The number of carbonyl (C=O) groups is 1. The predicted molar refractivity (Wildman–Crippen MR) is 55.9 cm³/mol. The number of methoxy groups -OCH3 is 1. The van der Waals surface area contributed by atoms with Gasteiger partial charge in [-0.3, -0.25) is 4.79 Å². The quantitative estimate of drug-likeness (QED) is 0.693. The average molecular weight is 197 g/mol. The largest absolute Gasteiger partial charge is 0.380 e. The lowest BCUT2D eigenvalue weighted by atomic mass is 9.58. The van der Waals surface area contributed by atoms with Gasteiger partial charge in [-0.2, -0.15) is 0 Å². The standard InChI is InChI=1S/C11H19NO2/c1-6-8(13)12-9-7(2)10(14-5)11(9,3)4/h6-7,9-10H,1H2,2-5H3,(H,12,13). The molecule has 1 fully saturated rings. The van der Waals surface area contributed by atoms with Crippen LogP contribution in [0.5, 0.6) is 0 Å². The van der Waals surface area contributed by atoms with E-state index in [1.165, 1.54) is 6.08 Å². The fraction of sp³-hybridized carbons (Fsp3) is 0.727. The van der Waals surface area contributed by atoms with E-state index in [2.05, 4.69) is 32.7 Å². The number of hydrogen-bond acceptors (Lipinski definition) is 2. The number of nitrogens with one attached hydrogen (secondary N) is 1. The molecule has 0 aromatic carbocycles. The number of carbonyl (C=O) groups excluding carboxylic acids is 1. The predicted octanol–water partition coefficient (Wildman–Crippen LogP) is 1.35. The van der Waals surface area contributed by atoms with Crippen molar-refractivity contribution >= 4 is 5.91 Å². The first-order valence-electron chi connectivity index (χ1n) is 4.91. The Hall–Kier alpha value is -0.830. The second-order valence-corrected chi connectivity index (χ2v) is 4.53. The summed E-state index contributed by atoms with van der Waals surface area (Å²) >= 11 is 0. The lowest BCUT2D eigenvalue weighted by Gasteiger charge is -2.56. The molecular weight excluding hydrogens is 178 g/mol. The van der Waals surface area contributed by atoms with Crippen LogP contribution in [-0.4, -0.2) is 25.2 Å². The highest BCUT2D eigenvalue weighted by atomic mass is 16.5. The minimum absolute atomic E-state index is 0.00678. The maximum absolute atomic E-state index is 11.2. The molecule has 1 aliphatic carbocycles. The van der Waals surface area contributed by atoms with E-state index in [1.54, 1.807) is 7.11 Å². The van der Waals surface area contributed by atoms with E-state index >= 15 is 0 Å². The summed E-state index contributed by atoms with van der Waals surface area (Å²) in [5, 5.41) is 2.93. The van der Waals surface area contributed by atoms with Gasteiger partial charge in [0, 0.05) is 24.5 Å². The number of amides is 1. The second-order valence-electron chi connectivity index (χ2n) is 4.53. The van der Waals surface area contributed by atoms with Crippen molar-refractivity contribution in [1.29, 1.82) is 0 Å². The third-order valence-corrected chi connectivity index (χ3v) is 3.28. The van der Waals surface area contributed by atoms with Crippen molar-refractivity contribution < 1.29 is 9.53 Å². The molecule has 0 heterocycles. The molecule has 0 spiro atoms. The highest BCUT2D eigenvalue weighted by molar-refractivity contribution is 5.87. The van der Waals surface area contributed by atoms with Crippen LogP contribution in [0, 0.1) is 11.3 Å². The van der Waals surface area contributed by atoms with Gasteiger partial charge in [-0.15, -0.1) is 0 Å². The Morgan fingerprint density at radius 1 is 1.57 bits per heavy atom. The van der Waals surface area contributed by atoms with Crippen molar-refractivity contribution in [2.75, 3.05) is 7.11 Å². The third kappa shape index (κ3) is 1.57. The van der Waals surface area contributed by atoms with Crippen LogP contribution in [-0.2, 0) is 9.53 Å². The van der Waals surface area contributed by atoms with Crippen molar-refractivity contribution in [3.63, 3.8) is 0 Å². The first-order chi connectivity index (χ1) is 6.45. The molecule has 1 aliphatic rings. The molecule has 1 N–H and O–H groups in total. The summed E-state index contributed by atoms with van der Waals surface area (Å²) in [5.41, 5.74) is 0.00678. The topological polar surface area (TPSA) is 38.3 Å². The molecule has 0 aromatic rings. The molecule has 14 heavy (non-hydrogen) atoms. The van der Waals surface area contributed by atoms with E-state index in [-0.39, 0.29) is 23.5 Å². The van der Waals surface area contributed by atoms with Crippen LogP contribution >= 0.6 is 0 Å². The molecule has 0 bridgehead atoms. The van der Waals surface area contributed by atoms with E-state index < -0.39 is 0 Å². The summed E-state index contributed by atoms with van der Waals surface area (Å²) < 4.78 is 5.38. The molecule has 0 radical (unpaired) electrons. The minimum Gasteiger partial charge on any atom is -0.380 e. The molecule has 0 aromatic heterocycles. The monoisotopic (exact) mass is 197 g/mol. The summed E-state index contributed by atoms with van der Waals surface area (Å²) in [4.78, 5) is 11.2. The van der Waals surface area contributed by atoms with Crippen LogP contribution in [0.4, 0.5) is 0 Å². The molecule has 1 saturated carbocycles.